The smallest absolute Gasteiger partial charge is 0.325 e. The zero-order valence-corrected chi connectivity index (χ0v) is 22.5. The number of ether oxygens (including phenoxy) is 6. The van der Waals surface area contributed by atoms with Crippen LogP contribution in [0.25, 0.3) is 0 Å². The fourth-order valence-corrected chi connectivity index (χ4v) is 3.88. The standard InChI is InChI=1S/C26H50F2O7/c1-6-11-15-30-19-20-21(32-16-12-7-2)22(33-17-13-8-3)23(34-18-14-9-4)24(35-20)26(27,28)25(29)31-10-5/h20-25,29H,6-19H2,1-5H3/t20-,21+,22+,23-,24-,25?/m1/s1. The third kappa shape index (κ3) is 10.8. The zero-order chi connectivity index (χ0) is 26.1. The molecule has 0 aromatic heterocycles. The molecule has 210 valence electrons. The van der Waals surface area contributed by atoms with Gasteiger partial charge in [0.25, 0.3) is 0 Å². The van der Waals surface area contributed by atoms with Crippen molar-refractivity contribution in [3.63, 3.8) is 0 Å². The highest BCUT2D eigenvalue weighted by molar-refractivity contribution is 5.01. The number of halogens is 2. The minimum absolute atomic E-state index is 0.0619. The molecule has 6 atom stereocenters. The second-order valence-electron chi connectivity index (χ2n) is 9.07. The Kier molecular flexibility index (Phi) is 17.5. The van der Waals surface area contributed by atoms with E-state index in [-0.39, 0.29) is 19.8 Å². The maximum Gasteiger partial charge on any atom is 0.325 e. The molecule has 1 fully saturated rings. The molecular formula is C26H50F2O7. The van der Waals surface area contributed by atoms with Gasteiger partial charge in [-0.2, -0.15) is 8.78 Å². The van der Waals surface area contributed by atoms with Crippen LogP contribution in [-0.2, 0) is 28.4 Å². The van der Waals surface area contributed by atoms with Crippen LogP contribution in [0, 0.1) is 0 Å². The van der Waals surface area contributed by atoms with Crippen molar-refractivity contribution in [3.05, 3.63) is 0 Å². The minimum Gasteiger partial charge on any atom is -0.379 e. The van der Waals surface area contributed by atoms with Gasteiger partial charge in [0.2, 0.25) is 6.29 Å². The predicted molar refractivity (Wildman–Crippen MR) is 131 cm³/mol. The molecular weight excluding hydrogens is 462 g/mol. The summed E-state index contributed by atoms with van der Waals surface area (Å²) in [7, 11) is 0. The molecule has 1 heterocycles. The largest absolute Gasteiger partial charge is 0.379 e. The number of aliphatic hydroxyl groups excluding tert-OH is 1. The van der Waals surface area contributed by atoms with Crippen LogP contribution in [-0.4, -0.2) is 87.5 Å². The summed E-state index contributed by atoms with van der Waals surface area (Å²) in [6, 6.07) is 0. The van der Waals surface area contributed by atoms with E-state index >= 15 is 8.78 Å². The zero-order valence-electron chi connectivity index (χ0n) is 22.5. The van der Waals surface area contributed by atoms with Crippen molar-refractivity contribution >= 4 is 0 Å². The number of hydrogen-bond acceptors (Lipinski definition) is 7. The third-order valence-corrected chi connectivity index (χ3v) is 6.02. The Morgan fingerprint density at radius 2 is 1.23 bits per heavy atom. The van der Waals surface area contributed by atoms with Crippen molar-refractivity contribution in [1.29, 1.82) is 0 Å². The van der Waals surface area contributed by atoms with Crippen molar-refractivity contribution < 1.29 is 42.3 Å². The van der Waals surface area contributed by atoms with Gasteiger partial charge in [0.05, 0.1) is 6.61 Å². The van der Waals surface area contributed by atoms with Crippen LogP contribution in [0.15, 0.2) is 0 Å². The highest BCUT2D eigenvalue weighted by Gasteiger charge is 2.60. The number of alkyl halides is 2. The van der Waals surface area contributed by atoms with Gasteiger partial charge in [-0.3, -0.25) is 0 Å². The Balaban J connectivity index is 3.32. The molecule has 1 rings (SSSR count). The summed E-state index contributed by atoms with van der Waals surface area (Å²) in [5, 5.41) is 10.2. The molecule has 1 N–H and O–H groups in total. The lowest BCUT2D eigenvalue weighted by Gasteiger charge is -2.48. The lowest BCUT2D eigenvalue weighted by molar-refractivity contribution is -0.342. The van der Waals surface area contributed by atoms with E-state index in [0.29, 0.717) is 26.2 Å². The van der Waals surface area contributed by atoms with Gasteiger partial charge in [-0.05, 0) is 32.6 Å². The average molecular weight is 513 g/mol. The van der Waals surface area contributed by atoms with Gasteiger partial charge >= 0.3 is 5.92 Å². The van der Waals surface area contributed by atoms with Gasteiger partial charge in [-0.15, -0.1) is 0 Å². The summed E-state index contributed by atoms with van der Waals surface area (Å²) in [6.45, 7) is 11.3. The molecule has 1 aliphatic heterocycles. The van der Waals surface area contributed by atoms with E-state index in [0.717, 1.165) is 44.9 Å². The fraction of sp³-hybridized carbons (Fsp3) is 1.00. The molecule has 1 unspecified atom stereocenters. The molecule has 35 heavy (non-hydrogen) atoms. The average Bonchev–Trinajstić information content (AvgIpc) is 2.84. The topological polar surface area (TPSA) is 75.6 Å². The summed E-state index contributed by atoms with van der Waals surface area (Å²) in [5.74, 6) is -3.73. The summed E-state index contributed by atoms with van der Waals surface area (Å²) >= 11 is 0. The maximum absolute atomic E-state index is 15.5. The Morgan fingerprint density at radius 3 is 1.74 bits per heavy atom. The molecule has 0 aromatic rings. The normalized spacial score (nSPS) is 26.2. The molecule has 1 aliphatic rings. The van der Waals surface area contributed by atoms with Crippen molar-refractivity contribution in [2.45, 2.75) is 129 Å². The molecule has 0 aliphatic carbocycles. The summed E-state index contributed by atoms with van der Waals surface area (Å²) in [6.07, 6.45) is -0.672. The first-order valence-electron chi connectivity index (χ1n) is 13.6. The van der Waals surface area contributed by atoms with Gasteiger partial charge in [0, 0.05) is 33.0 Å². The van der Waals surface area contributed by atoms with Crippen molar-refractivity contribution in [2.75, 3.05) is 39.6 Å². The van der Waals surface area contributed by atoms with E-state index in [1.165, 1.54) is 0 Å². The summed E-state index contributed by atoms with van der Waals surface area (Å²) in [5.41, 5.74) is 0. The van der Waals surface area contributed by atoms with Crippen LogP contribution in [0.2, 0.25) is 0 Å². The fourth-order valence-electron chi connectivity index (χ4n) is 3.88. The third-order valence-electron chi connectivity index (χ3n) is 6.02. The van der Waals surface area contributed by atoms with E-state index in [2.05, 4.69) is 13.8 Å². The SMILES string of the molecule is CCCCOC[C@H]1O[C@@H](C(F)(F)C(O)OCC)[C@H](OCCCC)[C@@H](OCCCC)[C@H]1OCCCC. The summed E-state index contributed by atoms with van der Waals surface area (Å²) < 4.78 is 66.1. The van der Waals surface area contributed by atoms with Gasteiger partial charge < -0.3 is 33.5 Å². The molecule has 9 heteroatoms. The van der Waals surface area contributed by atoms with Crippen LogP contribution >= 0.6 is 0 Å². The lowest BCUT2D eigenvalue weighted by Crippen LogP contribution is -2.67. The first-order chi connectivity index (χ1) is 16.9. The van der Waals surface area contributed by atoms with Crippen molar-refractivity contribution in [3.8, 4) is 0 Å². The molecule has 0 radical (unpaired) electrons. The Bertz CT molecular complexity index is 512. The number of rotatable bonds is 21. The number of aliphatic hydroxyl groups is 1. The molecule has 0 spiro atoms. The molecule has 0 aromatic carbocycles. The summed E-state index contributed by atoms with van der Waals surface area (Å²) in [4.78, 5) is 0. The lowest BCUT2D eigenvalue weighted by atomic mass is 9.90. The van der Waals surface area contributed by atoms with Crippen molar-refractivity contribution in [1.82, 2.24) is 0 Å². The second-order valence-corrected chi connectivity index (χ2v) is 9.07. The van der Waals surface area contributed by atoms with E-state index < -0.39 is 42.7 Å². The second kappa shape index (κ2) is 18.8. The van der Waals surface area contributed by atoms with Gasteiger partial charge in [-0.25, -0.2) is 0 Å². The number of unbranched alkanes of at least 4 members (excludes halogenated alkanes) is 4. The Hall–Kier alpha value is -0.420. The van der Waals surface area contributed by atoms with Crippen LogP contribution in [0.4, 0.5) is 8.78 Å². The molecule has 7 nitrogen and oxygen atoms in total. The van der Waals surface area contributed by atoms with Gasteiger partial charge in [0.15, 0.2) is 6.10 Å². The molecule has 0 saturated carbocycles. The van der Waals surface area contributed by atoms with E-state index in [9.17, 15) is 5.11 Å². The van der Waals surface area contributed by atoms with Crippen LogP contribution < -0.4 is 0 Å². The minimum atomic E-state index is -3.73. The molecule has 0 bridgehead atoms. The Labute approximate surface area is 211 Å². The molecule has 0 amide bonds. The van der Waals surface area contributed by atoms with Gasteiger partial charge in [0.1, 0.15) is 24.4 Å². The maximum atomic E-state index is 15.5. The van der Waals surface area contributed by atoms with E-state index in [1.807, 2.05) is 13.8 Å². The first kappa shape index (κ1) is 32.6. The quantitative estimate of drug-likeness (QED) is 0.169. The highest BCUT2D eigenvalue weighted by atomic mass is 19.3. The Morgan fingerprint density at radius 1 is 0.743 bits per heavy atom. The highest BCUT2D eigenvalue weighted by Crippen LogP contribution is 2.38. The van der Waals surface area contributed by atoms with Crippen LogP contribution in [0.1, 0.15) is 86.0 Å². The van der Waals surface area contributed by atoms with E-state index in [1.54, 1.807) is 6.92 Å². The van der Waals surface area contributed by atoms with Crippen LogP contribution in [0.3, 0.4) is 0 Å². The monoisotopic (exact) mass is 512 g/mol. The van der Waals surface area contributed by atoms with Crippen LogP contribution in [0.5, 0.6) is 0 Å². The first-order valence-corrected chi connectivity index (χ1v) is 13.6. The van der Waals surface area contributed by atoms with E-state index in [4.69, 9.17) is 28.4 Å². The molecule has 1 saturated heterocycles. The van der Waals surface area contributed by atoms with Gasteiger partial charge in [-0.1, -0.05) is 53.4 Å². The predicted octanol–water partition coefficient (Wildman–Crippen LogP) is 5.12. The van der Waals surface area contributed by atoms with Crippen molar-refractivity contribution in [2.24, 2.45) is 0 Å². The number of hydrogen-bond donors (Lipinski definition) is 1.